The predicted molar refractivity (Wildman–Crippen MR) is 149 cm³/mol. The van der Waals surface area contributed by atoms with Gasteiger partial charge in [0.2, 0.25) is 6.17 Å². The molecule has 2 N–H and O–H groups in total. The van der Waals surface area contributed by atoms with Crippen LogP contribution in [-0.2, 0) is 14.3 Å². The molecule has 2 heterocycles. The molecule has 3 aromatic rings. The van der Waals surface area contributed by atoms with Gasteiger partial charge in [0.05, 0.1) is 36.3 Å². The first-order valence-corrected chi connectivity index (χ1v) is 13.1. The number of hydrogen-bond donors (Lipinski definition) is 2. The molecular formula is C30H29N5O5. The standard InChI is InChI=1S/C30H29N5O5/c1-40-29(38)20-11-8-12-21(17-20)32-30(39)34-27-28(37)35(18-25(36)19-9-2-3-10-19)24-15-5-4-13-22(24)26(33-27)23-14-6-7-16-31-23/h4-8,11-17,19,27H,2-3,9-10,18H2,1H3,(H2,32,34,39). The zero-order valence-electron chi connectivity index (χ0n) is 22.0. The fraction of sp³-hybridized carbons (Fsp3) is 0.267. The van der Waals surface area contributed by atoms with Crippen LogP contribution in [0.2, 0.25) is 0 Å². The van der Waals surface area contributed by atoms with Crippen LogP contribution in [0.3, 0.4) is 0 Å². The molecule has 1 atom stereocenters. The van der Waals surface area contributed by atoms with E-state index < -0.39 is 24.1 Å². The number of methoxy groups -OCH3 is 1. The summed E-state index contributed by atoms with van der Waals surface area (Å²) in [5.74, 6) is -1.18. The summed E-state index contributed by atoms with van der Waals surface area (Å²) in [6, 6.07) is 18.1. The number of fused-ring (bicyclic) bond motifs is 1. The number of aliphatic imine (C=N–C) groups is 1. The summed E-state index contributed by atoms with van der Waals surface area (Å²) in [5.41, 5.74) is 2.67. The zero-order valence-corrected chi connectivity index (χ0v) is 22.0. The number of amides is 3. The molecule has 10 nitrogen and oxygen atoms in total. The van der Waals surface area contributed by atoms with Crippen molar-refractivity contribution in [2.24, 2.45) is 10.9 Å². The van der Waals surface area contributed by atoms with Gasteiger partial charge in [-0.2, -0.15) is 0 Å². The predicted octanol–water partition coefficient (Wildman–Crippen LogP) is 3.96. The lowest BCUT2D eigenvalue weighted by molar-refractivity contribution is -0.125. The molecule has 2 aliphatic rings. The van der Waals surface area contributed by atoms with Gasteiger partial charge in [0.1, 0.15) is 0 Å². The van der Waals surface area contributed by atoms with E-state index in [9.17, 15) is 19.2 Å². The second kappa shape index (κ2) is 11.9. The molecule has 5 rings (SSSR count). The average Bonchev–Trinajstić information content (AvgIpc) is 3.50. The molecule has 0 saturated heterocycles. The van der Waals surface area contributed by atoms with Gasteiger partial charge in [-0.05, 0) is 49.2 Å². The lowest BCUT2D eigenvalue weighted by Gasteiger charge is -2.26. The molecule has 1 aliphatic carbocycles. The number of ketones is 1. The van der Waals surface area contributed by atoms with Gasteiger partial charge in [-0.3, -0.25) is 14.6 Å². The van der Waals surface area contributed by atoms with Crippen molar-refractivity contribution in [1.82, 2.24) is 10.3 Å². The van der Waals surface area contributed by atoms with Crippen LogP contribution in [0.1, 0.15) is 47.3 Å². The van der Waals surface area contributed by atoms with Gasteiger partial charge in [-0.1, -0.05) is 43.2 Å². The number of pyridine rings is 1. The molecule has 1 aromatic heterocycles. The molecule has 2 aromatic carbocycles. The van der Waals surface area contributed by atoms with E-state index in [0.29, 0.717) is 28.3 Å². The Kier molecular flexibility index (Phi) is 7.95. The van der Waals surface area contributed by atoms with Crippen molar-refractivity contribution in [3.63, 3.8) is 0 Å². The Morgan fingerprint density at radius 2 is 1.77 bits per heavy atom. The second-order valence-corrected chi connectivity index (χ2v) is 9.66. The third-order valence-corrected chi connectivity index (χ3v) is 7.05. The highest BCUT2D eigenvalue weighted by Crippen LogP contribution is 2.30. The number of carbonyl (C=O) groups excluding carboxylic acids is 4. The Balaban J connectivity index is 1.48. The largest absolute Gasteiger partial charge is 0.465 e. The van der Waals surface area contributed by atoms with Crippen LogP contribution >= 0.6 is 0 Å². The van der Waals surface area contributed by atoms with E-state index in [0.717, 1.165) is 25.7 Å². The number of urea groups is 1. The van der Waals surface area contributed by atoms with Crippen molar-refractivity contribution in [2.75, 3.05) is 23.9 Å². The number of aromatic nitrogens is 1. The highest BCUT2D eigenvalue weighted by Gasteiger charge is 2.36. The highest BCUT2D eigenvalue weighted by molar-refractivity contribution is 6.20. The number of benzene rings is 2. The van der Waals surface area contributed by atoms with E-state index in [-0.39, 0.29) is 23.8 Å². The van der Waals surface area contributed by atoms with Gasteiger partial charge in [0.25, 0.3) is 5.91 Å². The topological polar surface area (TPSA) is 130 Å². The third kappa shape index (κ3) is 5.75. The fourth-order valence-electron chi connectivity index (χ4n) is 5.06. The van der Waals surface area contributed by atoms with Gasteiger partial charge in [-0.25, -0.2) is 14.6 Å². The number of nitrogens with one attached hydrogen (secondary N) is 2. The van der Waals surface area contributed by atoms with Gasteiger partial charge in [0, 0.05) is 23.4 Å². The third-order valence-electron chi connectivity index (χ3n) is 7.05. The second-order valence-electron chi connectivity index (χ2n) is 9.66. The van der Waals surface area contributed by atoms with Crippen LogP contribution in [0.5, 0.6) is 0 Å². The quantitative estimate of drug-likeness (QED) is 0.437. The number of anilines is 2. The molecule has 0 radical (unpaired) electrons. The van der Waals surface area contributed by atoms with Crippen molar-refractivity contribution < 1.29 is 23.9 Å². The molecule has 1 fully saturated rings. The molecule has 1 saturated carbocycles. The maximum atomic E-state index is 13.9. The minimum Gasteiger partial charge on any atom is -0.465 e. The van der Waals surface area contributed by atoms with Crippen LogP contribution in [0.15, 0.2) is 77.9 Å². The summed E-state index contributed by atoms with van der Waals surface area (Å²) in [6.07, 6.45) is 3.90. The Morgan fingerprint density at radius 1 is 1.00 bits per heavy atom. The number of benzodiazepines with no additional fused rings is 1. The van der Waals surface area contributed by atoms with Crippen LogP contribution in [0.4, 0.5) is 16.2 Å². The summed E-state index contributed by atoms with van der Waals surface area (Å²) in [5, 5.41) is 5.29. The number of para-hydroxylation sites is 1. The first-order valence-electron chi connectivity index (χ1n) is 13.1. The van der Waals surface area contributed by atoms with Gasteiger partial charge < -0.3 is 20.3 Å². The molecule has 204 valence electrons. The Morgan fingerprint density at radius 3 is 2.52 bits per heavy atom. The van der Waals surface area contributed by atoms with Crippen LogP contribution in [0.25, 0.3) is 0 Å². The molecule has 1 unspecified atom stereocenters. The number of ether oxygens (including phenoxy) is 1. The van der Waals surface area contributed by atoms with Crippen LogP contribution in [-0.4, -0.2) is 54.2 Å². The molecular weight excluding hydrogens is 510 g/mol. The molecule has 40 heavy (non-hydrogen) atoms. The number of hydrogen-bond acceptors (Lipinski definition) is 7. The number of rotatable bonds is 7. The Labute approximate surface area is 231 Å². The van der Waals surface area contributed by atoms with Crippen molar-refractivity contribution in [1.29, 1.82) is 0 Å². The highest BCUT2D eigenvalue weighted by atomic mass is 16.5. The van der Waals surface area contributed by atoms with E-state index in [1.165, 1.54) is 18.1 Å². The zero-order chi connectivity index (χ0) is 28.1. The smallest absolute Gasteiger partial charge is 0.337 e. The van der Waals surface area contributed by atoms with Gasteiger partial charge in [0.15, 0.2) is 5.78 Å². The summed E-state index contributed by atoms with van der Waals surface area (Å²) in [6.45, 7) is -0.119. The van der Waals surface area contributed by atoms with Gasteiger partial charge in [-0.15, -0.1) is 0 Å². The summed E-state index contributed by atoms with van der Waals surface area (Å²) < 4.78 is 4.74. The molecule has 10 heteroatoms. The van der Waals surface area contributed by atoms with Gasteiger partial charge >= 0.3 is 12.0 Å². The Hall–Kier alpha value is -4.86. The average molecular weight is 540 g/mol. The normalized spacial score (nSPS) is 16.9. The monoisotopic (exact) mass is 539 g/mol. The van der Waals surface area contributed by atoms with Crippen molar-refractivity contribution in [2.45, 2.75) is 31.8 Å². The summed E-state index contributed by atoms with van der Waals surface area (Å²) in [4.78, 5) is 62.7. The Bertz CT molecular complexity index is 1470. The number of carbonyl (C=O) groups is 4. The minimum atomic E-state index is -1.34. The lowest BCUT2D eigenvalue weighted by Crippen LogP contribution is -2.50. The maximum Gasteiger partial charge on any atom is 0.337 e. The number of esters is 1. The van der Waals surface area contributed by atoms with Crippen molar-refractivity contribution in [3.05, 3.63) is 89.7 Å². The van der Waals surface area contributed by atoms with E-state index in [4.69, 9.17) is 4.74 Å². The first kappa shape index (κ1) is 26.7. The lowest BCUT2D eigenvalue weighted by atomic mass is 10.0. The summed E-state index contributed by atoms with van der Waals surface area (Å²) >= 11 is 0. The van der Waals surface area contributed by atoms with E-state index in [2.05, 4.69) is 20.6 Å². The van der Waals surface area contributed by atoms with Crippen molar-refractivity contribution >= 4 is 40.8 Å². The number of Topliss-reactive ketones (excluding diaryl/α,β-unsaturated/α-hetero) is 1. The molecule has 3 amide bonds. The molecule has 0 spiro atoms. The van der Waals surface area contributed by atoms with Crippen LogP contribution in [0, 0.1) is 5.92 Å². The first-order chi connectivity index (χ1) is 19.4. The number of nitrogens with zero attached hydrogens (tertiary/aromatic N) is 3. The fourth-order valence-corrected chi connectivity index (χ4v) is 5.06. The molecule has 1 aliphatic heterocycles. The van der Waals surface area contributed by atoms with Crippen molar-refractivity contribution in [3.8, 4) is 0 Å². The van der Waals surface area contributed by atoms with Crippen LogP contribution < -0.4 is 15.5 Å². The van der Waals surface area contributed by atoms with E-state index in [1.54, 1.807) is 48.7 Å². The summed E-state index contributed by atoms with van der Waals surface area (Å²) in [7, 11) is 1.27. The SMILES string of the molecule is COC(=O)c1cccc(NC(=O)NC2N=C(c3ccccn3)c3ccccc3N(CC(=O)C3CCCC3)C2=O)c1. The minimum absolute atomic E-state index is 0.00948. The van der Waals surface area contributed by atoms with E-state index in [1.807, 2.05) is 18.2 Å². The molecule has 0 bridgehead atoms. The maximum absolute atomic E-state index is 13.9. The van der Waals surface area contributed by atoms with E-state index >= 15 is 0 Å².